The lowest BCUT2D eigenvalue weighted by molar-refractivity contribution is 0.102. The molecule has 0 spiro atoms. The van der Waals surface area contributed by atoms with Crippen LogP contribution in [-0.4, -0.2) is 50.3 Å². The summed E-state index contributed by atoms with van der Waals surface area (Å²) in [5.74, 6) is -1.28. The normalized spacial score (nSPS) is 15.3. The molecule has 0 aliphatic carbocycles. The van der Waals surface area contributed by atoms with Crippen LogP contribution in [0.15, 0.2) is 68.8 Å². The summed E-state index contributed by atoms with van der Waals surface area (Å²) in [6, 6.07) is 13.1. The molecule has 3 aromatic rings. The standard InChI is InChI=1S/C21H22N4O6S2/c26-20(16-9-11-18(12-10-16)33(29,30)25-13-5-2-6-14-25)22-21-24-23-19(31-21)15-32(27,28)17-7-3-1-4-8-17/h1,3-4,7-12H,2,5-6,13-15H2,(H,22,24,26). The summed E-state index contributed by atoms with van der Waals surface area (Å²) in [6.45, 7) is 0.980. The Hall–Kier alpha value is -3.09. The van der Waals surface area contributed by atoms with E-state index in [1.165, 1.54) is 40.7 Å². The number of piperidine rings is 1. The van der Waals surface area contributed by atoms with Crippen LogP contribution in [-0.2, 0) is 25.6 Å². The molecule has 33 heavy (non-hydrogen) atoms. The minimum Gasteiger partial charge on any atom is -0.407 e. The van der Waals surface area contributed by atoms with E-state index in [-0.39, 0.29) is 27.3 Å². The SMILES string of the molecule is O=C(Nc1nnc(CS(=O)(=O)c2ccccc2)o1)c1ccc(S(=O)(=O)N2CCCCC2)cc1. The quantitative estimate of drug-likeness (QED) is 0.533. The van der Waals surface area contributed by atoms with Crippen LogP contribution in [0.5, 0.6) is 0 Å². The van der Waals surface area contributed by atoms with Crippen molar-refractivity contribution in [1.82, 2.24) is 14.5 Å². The van der Waals surface area contributed by atoms with Gasteiger partial charge < -0.3 is 4.42 Å². The molecule has 0 saturated carbocycles. The highest BCUT2D eigenvalue weighted by molar-refractivity contribution is 7.90. The number of amides is 1. The lowest BCUT2D eigenvalue weighted by atomic mass is 10.2. The van der Waals surface area contributed by atoms with Crippen molar-refractivity contribution in [3.63, 3.8) is 0 Å². The number of sulfone groups is 1. The predicted octanol–water partition coefficient (Wildman–Crippen LogP) is 2.47. The van der Waals surface area contributed by atoms with Crippen LogP contribution in [0.1, 0.15) is 35.5 Å². The van der Waals surface area contributed by atoms with Crippen molar-refractivity contribution in [3.05, 3.63) is 66.1 Å². The molecule has 10 nitrogen and oxygen atoms in total. The van der Waals surface area contributed by atoms with Crippen LogP contribution in [0.3, 0.4) is 0 Å². The molecule has 1 amide bonds. The van der Waals surface area contributed by atoms with Gasteiger partial charge in [0.1, 0.15) is 5.75 Å². The summed E-state index contributed by atoms with van der Waals surface area (Å²) in [6.07, 6.45) is 2.68. The predicted molar refractivity (Wildman–Crippen MR) is 119 cm³/mol. The Bertz CT molecular complexity index is 1330. The van der Waals surface area contributed by atoms with Gasteiger partial charge in [-0.2, -0.15) is 4.31 Å². The van der Waals surface area contributed by atoms with Gasteiger partial charge in [0.2, 0.25) is 15.9 Å². The second-order valence-electron chi connectivity index (χ2n) is 7.52. The average molecular weight is 491 g/mol. The number of sulfonamides is 1. The molecule has 1 saturated heterocycles. The first kappa shape index (κ1) is 23.1. The van der Waals surface area contributed by atoms with Gasteiger partial charge in [-0.3, -0.25) is 10.1 Å². The molecular weight excluding hydrogens is 468 g/mol. The zero-order chi connectivity index (χ0) is 23.5. The minimum atomic E-state index is -3.68. The second kappa shape index (κ2) is 9.41. The Kier molecular flexibility index (Phi) is 6.58. The number of carbonyl (C=O) groups excluding carboxylic acids is 1. The van der Waals surface area contributed by atoms with Crippen molar-refractivity contribution in [2.24, 2.45) is 0 Å². The molecule has 1 aliphatic heterocycles. The first-order valence-electron chi connectivity index (χ1n) is 10.3. The monoisotopic (exact) mass is 490 g/mol. The number of hydrogen-bond acceptors (Lipinski definition) is 8. The number of nitrogens with one attached hydrogen (secondary N) is 1. The van der Waals surface area contributed by atoms with Crippen LogP contribution >= 0.6 is 0 Å². The van der Waals surface area contributed by atoms with E-state index in [0.29, 0.717) is 13.1 Å². The van der Waals surface area contributed by atoms with Gasteiger partial charge in [0.25, 0.3) is 5.91 Å². The highest BCUT2D eigenvalue weighted by atomic mass is 32.2. The van der Waals surface area contributed by atoms with Gasteiger partial charge in [-0.1, -0.05) is 29.7 Å². The van der Waals surface area contributed by atoms with Crippen LogP contribution < -0.4 is 5.32 Å². The number of carbonyl (C=O) groups is 1. The fourth-order valence-corrected chi connectivity index (χ4v) is 6.14. The van der Waals surface area contributed by atoms with E-state index in [2.05, 4.69) is 15.5 Å². The Morgan fingerprint density at radius 2 is 1.55 bits per heavy atom. The molecule has 2 heterocycles. The first-order chi connectivity index (χ1) is 15.8. The molecule has 0 atom stereocenters. The number of aromatic nitrogens is 2. The van der Waals surface area contributed by atoms with Crippen LogP contribution in [0, 0.1) is 0 Å². The van der Waals surface area contributed by atoms with Gasteiger partial charge >= 0.3 is 6.01 Å². The molecule has 4 rings (SSSR count). The zero-order valence-corrected chi connectivity index (χ0v) is 19.2. The molecule has 1 N–H and O–H groups in total. The van der Waals surface area contributed by atoms with Crippen molar-refractivity contribution in [2.45, 2.75) is 34.8 Å². The second-order valence-corrected chi connectivity index (χ2v) is 11.4. The van der Waals surface area contributed by atoms with Crippen LogP contribution in [0.2, 0.25) is 0 Å². The highest BCUT2D eigenvalue weighted by Gasteiger charge is 2.26. The van der Waals surface area contributed by atoms with Gasteiger partial charge in [0.05, 0.1) is 9.79 Å². The van der Waals surface area contributed by atoms with Gasteiger partial charge in [0.15, 0.2) is 9.84 Å². The van der Waals surface area contributed by atoms with Crippen molar-refractivity contribution < 1.29 is 26.0 Å². The van der Waals surface area contributed by atoms with Crippen LogP contribution in [0.4, 0.5) is 6.01 Å². The van der Waals surface area contributed by atoms with E-state index in [0.717, 1.165) is 19.3 Å². The van der Waals surface area contributed by atoms with Crippen molar-refractivity contribution >= 4 is 31.8 Å². The maximum atomic E-state index is 12.7. The fraction of sp³-hybridized carbons (Fsp3) is 0.286. The van der Waals surface area contributed by atoms with Gasteiger partial charge in [0, 0.05) is 18.7 Å². The Labute approximate surface area is 191 Å². The Morgan fingerprint density at radius 3 is 2.21 bits per heavy atom. The third kappa shape index (κ3) is 5.29. The third-order valence-corrected chi connectivity index (χ3v) is 8.70. The van der Waals surface area contributed by atoms with E-state index in [1.807, 2.05) is 0 Å². The first-order valence-corrected chi connectivity index (χ1v) is 13.4. The van der Waals surface area contributed by atoms with Gasteiger partial charge in [-0.05, 0) is 49.2 Å². The summed E-state index contributed by atoms with van der Waals surface area (Å²) in [4.78, 5) is 12.7. The molecular formula is C21H22N4O6S2. The van der Waals surface area contributed by atoms with Crippen molar-refractivity contribution in [2.75, 3.05) is 18.4 Å². The lowest BCUT2D eigenvalue weighted by Crippen LogP contribution is -2.35. The number of hydrogen-bond donors (Lipinski definition) is 1. The molecule has 1 aliphatic rings. The van der Waals surface area contributed by atoms with E-state index in [4.69, 9.17) is 4.42 Å². The smallest absolute Gasteiger partial charge is 0.322 e. The molecule has 174 valence electrons. The average Bonchev–Trinajstić information content (AvgIpc) is 3.26. The Morgan fingerprint density at radius 1 is 0.879 bits per heavy atom. The summed E-state index contributed by atoms with van der Waals surface area (Å²) >= 11 is 0. The highest BCUT2D eigenvalue weighted by Crippen LogP contribution is 2.21. The van der Waals surface area contributed by atoms with Gasteiger partial charge in [-0.15, -0.1) is 5.10 Å². The van der Waals surface area contributed by atoms with Crippen molar-refractivity contribution in [1.29, 1.82) is 0 Å². The molecule has 2 aromatic carbocycles. The third-order valence-electron chi connectivity index (χ3n) is 5.17. The molecule has 1 fully saturated rings. The van der Waals surface area contributed by atoms with E-state index < -0.39 is 31.5 Å². The number of rotatable bonds is 7. The molecule has 0 bridgehead atoms. The number of nitrogens with zero attached hydrogens (tertiary/aromatic N) is 3. The number of anilines is 1. The van der Waals surface area contributed by atoms with Gasteiger partial charge in [-0.25, -0.2) is 16.8 Å². The van der Waals surface area contributed by atoms with E-state index >= 15 is 0 Å². The fourth-order valence-electron chi connectivity index (χ4n) is 3.44. The summed E-state index contributed by atoms with van der Waals surface area (Å²) < 4.78 is 57.0. The minimum absolute atomic E-state index is 0.118. The van der Waals surface area contributed by atoms with Crippen LogP contribution in [0.25, 0.3) is 0 Å². The Balaban J connectivity index is 1.41. The molecule has 12 heteroatoms. The summed E-state index contributed by atoms with van der Waals surface area (Å²) in [5, 5.41) is 9.73. The largest absolute Gasteiger partial charge is 0.407 e. The topological polar surface area (TPSA) is 140 Å². The molecule has 1 aromatic heterocycles. The maximum Gasteiger partial charge on any atom is 0.322 e. The zero-order valence-electron chi connectivity index (χ0n) is 17.5. The maximum absolute atomic E-state index is 12.7. The van der Waals surface area contributed by atoms with Crippen molar-refractivity contribution in [3.8, 4) is 0 Å². The summed E-state index contributed by atoms with van der Waals surface area (Å²) in [7, 11) is -7.28. The number of benzene rings is 2. The van der Waals surface area contributed by atoms with E-state index in [9.17, 15) is 21.6 Å². The van der Waals surface area contributed by atoms with E-state index in [1.54, 1.807) is 18.2 Å². The summed E-state index contributed by atoms with van der Waals surface area (Å²) in [5.41, 5.74) is 0.184. The molecule has 0 radical (unpaired) electrons. The molecule has 0 unspecified atom stereocenters. The lowest BCUT2D eigenvalue weighted by Gasteiger charge is -2.25.